The molecule has 1 fully saturated rings. The fourth-order valence-corrected chi connectivity index (χ4v) is 3.73. The number of rotatable bonds is 6. The summed E-state index contributed by atoms with van der Waals surface area (Å²) < 4.78 is 15.8. The lowest BCUT2D eigenvalue weighted by molar-refractivity contribution is -0.139. The van der Waals surface area contributed by atoms with Gasteiger partial charge in [-0.3, -0.25) is 9.59 Å². The molecular weight excluding hydrogens is 385 g/mol. The average molecular weight is 405 g/mol. The number of aliphatic hydroxyl groups is 1. The van der Waals surface area contributed by atoms with E-state index in [2.05, 4.69) is 4.98 Å². The van der Waals surface area contributed by atoms with Crippen LogP contribution < -0.4 is 0 Å². The second kappa shape index (κ2) is 8.32. The normalized spacial score (nSPS) is 18.2. The summed E-state index contributed by atoms with van der Waals surface area (Å²) >= 11 is 0. The number of ketones is 1. The maximum absolute atomic E-state index is 14.0. The maximum atomic E-state index is 14.0. The van der Waals surface area contributed by atoms with E-state index in [1.807, 2.05) is 10.8 Å². The number of nitrogens with zero attached hydrogens (tertiary/aromatic N) is 3. The van der Waals surface area contributed by atoms with Crippen LogP contribution in [0.3, 0.4) is 0 Å². The molecule has 1 amide bonds. The number of hydrogen-bond acceptors (Lipinski definition) is 4. The van der Waals surface area contributed by atoms with Gasteiger partial charge in [0.2, 0.25) is 0 Å². The number of carbonyl (C=O) groups is 2. The Morgan fingerprint density at radius 3 is 2.57 bits per heavy atom. The van der Waals surface area contributed by atoms with Crippen molar-refractivity contribution in [3.8, 4) is 0 Å². The third-order valence-electron chi connectivity index (χ3n) is 5.13. The topological polar surface area (TPSA) is 75.4 Å². The molecule has 1 saturated heterocycles. The highest BCUT2D eigenvalue weighted by Crippen LogP contribution is 2.39. The van der Waals surface area contributed by atoms with Gasteiger partial charge in [0, 0.05) is 31.0 Å². The first-order valence-electron chi connectivity index (χ1n) is 9.61. The number of aromatic nitrogens is 2. The Kier molecular flexibility index (Phi) is 5.43. The lowest BCUT2D eigenvalue weighted by Crippen LogP contribution is -2.31. The number of benzene rings is 2. The molecule has 2 heterocycles. The van der Waals surface area contributed by atoms with Crippen LogP contribution in [-0.2, 0) is 16.1 Å². The van der Waals surface area contributed by atoms with Crippen molar-refractivity contribution in [3.05, 3.63) is 95.8 Å². The van der Waals surface area contributed by atoms with Gasteiger partial charge in [0.05, 0.1) is 17.9 Å². The molecule has 0 bridgehead atoms. The van der Waals surface area contributed by atoms with Crippen molar-refractivity contribution in [2.75, 3.05) is 6.54 Å². The molecule has 30 heavy (non-hydrogen) atoms. The van der Waals surface area contributed by atoms with Gasteiger partial charge in [-0.25, -0.2) is 9.37 Å². The summed E-state index contributed by atoms with van der Waals surface area (Å²) in [6.07, 6.45) is 5.72. The summed E-state index contributed by atoms with van der Waals surface area (Å²) in [7, 11) is 0. The third-order valence-corrected chi connectivity index (χ3v) is 5.13. The van der Waals surface area contributed by atoms with Gasteiger partial charge in [-0.05, 0) is 24.1 Å². The molecule has 1 aliphatic heterocycles. The zero-order valence-electron chi connectivity index (χ0n) is 16.1. The van der Waals surface area contributed by atoms with Crippen LogP contribution in [-0.4, -0.2) is 37.8 Å². The highest BCUT2D eigenvalue weighted by molar-refractivity contribution is 6.46. The lowest BCUT2D eigenvalue weighted by Gasteiger charge is -2.25. The molecule has 0 saturated carbocycles. The van der Waals surface area contributed by atoms with Crippen LogP contribution in [0.1, 0.15) is 23.6 Å². The highest BCUT2D eigenvalue weighted by atomic mass is 19.1. The number of hydrogen-bond donors (Lipinski definition) is 1. The number of halogens is 1. The predicted octanol–water partition coefficient (Wildman–Crippen LogP) is 3.53. The van der Waals surface area contributed by atoms with E-state index in [0.29, 0.717) is 24.1 Å². The van der Waals surface area contributed by atoms with E-state index >= 15 is 0 Å². The minimum atomic E-state index is -0.858. The minimum Gasteiger partial charge on any atom is -0.507 e. The molecule has 0 aliphatic carbocycles. The molecule has 4 rings (SSSR count). The van der Waals surface area contributed by atoms with E-state index in [9.17, 15) is 19.1 Å². The molecule has 0 radical (unpaired) electrons. The molecule has 7 heteroatoms. The van der Waals surface area contributed by atoms with Gasteiger partial charge in [0.15, 0.2) is 0 Å². The van der Waals surface area contributed by atoms with Gasteiger partial charge in [-0.2, -0.15) is 0 Å². The van der Waals surface area contributed by atoms with Crippen LogP contribution >= 0.6 is 0 Å². The van der Waals surface area contributed by atoms with Crippen molar-refractivity contribution < 1.29 is 19.1 Å². The van der Waals surface area contributed by atoms with Crippen LogP contribution in [0.2, 0.25) is 0 Å². The van der Waals surface area contributed by atoms with E-state index in [0.717, 1.165) is 0 Å². The van der Waals surface area contributed by atoms with E-state index in [1.165, 1.54) is 23.1 Å². The Balaban J connectivity index is 1.73. The molecule has 1 atom stereocenters. The predicted molar refractivity (Wildman–Crippen MR) is 109 cm³/mol. The Hall–Kier alpha value is -3.74. The summed E-state index contributed by atoms with van der Waals surface area (Å²) in [6, 6.07) is 13.5. The molecule has 1 aliphatic rings. The van der Waals surface area contributed by atoms with Crippen molar-refractivity contribution in [1.29, 1.82) is 0 Å². The zero-order chi connectivity index (χ0) is 21.1. The van der Waals surface area contributed by atoms with Gasteiger partial charge in [0.1, 0.15) is 11.6 Å². The van der Waals surface area contributed by atoms with Crippen molar-refractivity contribution >= 4 is 17.4 Å². The van der Waals surface area contributed by atoms with Crippen molar-refractivity contribution in [2.45, 2.75) is 19.0 Å². The summed E-state index contributed by atoms with van der Waals surface area (Å²) in [5.41, 5.74) is 0.837. The van der Waals surface area contributed by atoms with Gasteiger partial charge in [-0.15, -0.1) is 0 Å². The van der Waals surface area contributed by atoms with Gasteiger partial charge in [0.25, 0.3) is 11.7 Å². The van der Waals surface area contributed by atoms with Crippen LogP contribution in [0.25, 0.3) is 5.76 Å². The van der Waals surface area contributed by atoms with Crippen molar-refractivity contribution in [1.82, 2.24) is 14.5 Å². The highest BCUT2D eigenvalue weighted by Gasteiger charge is 2.45. The van der Waals surface area contributed by atoms with Crippen molar-refractivity contribution in [3.63, 3.8) is 0 Å². The SMILES string of the molecule is O=C1C(=O)N(CCCn2ccnc2)[C@H](c2cccc(F)c2)C1=C(O)c1ccccc1. The van der Waals surface area contributed by atoms with E-state index in [1.54, 1.807) is 48.9 Å². The first-order chi connectivity index (χ1) is 14.6. The monoisotopic (exact) mass is 405 g/mol. The Morgan fingerprint density at radius 2 is 1.87 bits per heavy atom. The smallest absolute Gasteiger partial charge is 0.295 e. The number of likely N-dealkylation sites (tertiary alicyclic amines) is 1. The second-order valence-corrected chi connectivity index (χ2v) is 7.07. The first-order valence-corrected chi connectivity index (χ1v) is 9.61. The molecule has 3 aromatic rings. The van der Waals surface area contributed by atoms with E-state index in [4.69, 9.17) is 0 Å². The van der Waals surface area contributed by atoms with Crippen molar-refractivity contribution in [2.24, 2.45) is 0 Å². The summed E-state index contributed by atoms with van der Waals surface area (Å²) in [5, 5.41) is 10.9. The molecule has 0 spiro atoms. The minimum absolute atomic E-state index is 0.0283. The molecular formula is C23H20FN3O3. The Bertz CT molecular complexity index is 1090. The van der Waals surface area contributed by atoms with Crippen LogP contribution in [0.15, 0.2) is 78.9 Å². The molecule has 0 unspecified atom stereocenters. The average Bonchev–Trinajstić information content (AvgIpc) is 3.36. The quantitative estimate of drug-likeness (QED) is 0.387. The zero-order valence-corrected chi connectivity index (χ0v) is 16.1. The number of aliphatic hydroxyl groups excluding tert-OH is 1. The van der Waals surface area contributed by atoms with Crippen LogP contribution in [0, 0.1) is 5.82 Å². The number of carbonyl (C=O) groups excluding carboxylic acids is 2. The standard InChI is InChI=1S/C23H20FN3O3/c24-18-9-4-8-17(14-18)20-19(21(28)16-6-2-1-3-7-16)22(29)23(30)27(20)12-5-11-26-13-10-25-15-26/h1-4,6-10,13-15,20,28H,5,11-12H2/t20-/m1/s1. The lowest BCUT2D eigenvalue weighted by atomic mass is 9.95. The summed E-state index contributed by atoms with van der Waals surface area (Å²) in [6.45, 7) is 0.882. The number of amides is 1. The molecule has 1 N–H and O–H groups in total. The molecule has 6 nitrogen and oxygen atoms in total. The number of aryl methyl sites for hydroxylation is 1. The third kappa shape index (κ3) is 3.74. The van der Waals surface area contributed by atoms with E-state index < -0.39 is 23.5 Å². The molecule has 152 valence electrons. The van der Waals surface area contributed by atoms with Gasteiger partial charge < -0.3 is 14.6 Å². The van der Waals surface area contributed by atoms with Gasteiger partial charge in [-0.1, -0.05) is 42.5 Å². The summed E-state index contributed by atoms with van der Waals surface area (Å²) in [5.74, 6) is -2.21. The second-order valence-electron chi connectivity index (χ2n) is 7.07. The number of imidazole rings is 1. The fraction of sp³-hybridized carbons (Fsp3) is 0.174. The van der Waals surface area contributed by atoms with E-state index in [-0.39, 0.29) is 17.9 Å². The first kappa shape index (κ1) is 19.6. The summed E-state index contributed by atoms with van der Waals surface area (Å²) in [4.78, 5) is 31.1. The van der Waals surface area contributed by atoms with Gasteiger partial charge >= 0.3 is 0 Å². The molecule has 2 aromatic carbocycles. The molecule has 1 aromatic heterocycles. The Labute approximate surface area is 172 Å². The fourth-order valence-electron chi connectivity index (χ4n) is 3.73. The van der Waals surface area contributed by atoms with Crippen LogP contribution in [0.4, 0.5) is 4.39 Å². The van der Waals surface area contributed by atoms with Crippen LogP contribution in [0.5, 0.6) is 0 Å². The largest absolute Gasteiger partial charge is 0.507 e. The number of Topliss-reactive ketones (excluding diaryl/α,β-unsaturated/α-hetero) is 1. The Morgan fingerprint density at radius 1 is 1.07 bits per heavy atom. The maximum Gasteiger partial charge on any atom is 0.295 e.